The predicted octanol–water partition coefficient (Wildman–Crippen LogP) is 5.29. The molecule has 1 aliphatic rings. The normalized spacial score (nSPS) is 17.6. The smallest absolute Gasteiger partial charge is 0.0370 e. The van der Waals surface area contributed by atoms with Crippen molar-refractivity contribution >= 4 is 21.6 Å². The maximum atomic E-state index is 3.63. The summed E-state index contributed by atoms with van der Waals surface area (Å²) < 4.78 is 1.14. The van der Waals surface area contributed by atoms with Gasteiger partial charge in [-0.2, -0.15) is 0 Å². The van der Waals surface area contributed by atoms with Crippen molar-refractivity contribution in [1.82, 2.24) is 0 Å². The third-order valence-electron chi connectivity index (χ3n) is 4.22. The first-order valence-electron chi connectivity index (χ1n) is 7.32. The molecule has 2 aromatic carbocycles. The second kappa shape index (κ2) is 6.01. The van der Waals surface area contributed by atoms with Crippen LogP contribution in [0, 0.1) is 6.92 Å². The van der Waals surface area contributed by atoms with Gasteiger partial charge in [0.1, 0.15) is 0 Å². The first-order chi connectivity index (χ1) is 9.74. The van der Waals surface area contributed by atoms with Crippen molar-refractivity contribution in [2.24, 2.45) is 0 Å². The molecule has 3 rings (SSSR count). The second-order valence-corrected chi connectivity index (χ2v) is 6.54. The first kappa shape index (κ1) is 13.7. The summed E-state index contributed by atoms with van der Waals surface area (Å²) in [6, 6.07) is 15.3. The van der Waals surface area contributed by atoms with Gasteiger partial charge in [-0.05, 0) is 61.1 Å². The van der Waals surface area contributed by atoms with Crippen LogP contribution in [0.4, 0.5) is 5.69 Å². The third kappa shape index (κ3) is 2.90. The van der Waals surface area contributed by atoms with Gasteiger partial charge >= 0.3 is 0 Å². The maximum Gasteiger partial charge on any atom is 0.0370 e. The van der Waals surface area contributed by atoms with Crippen LogP contribution in [0.25, 0.3) is 0 Å². The molecule has 1 N–H and O–H groups in total. The number of aryl methyl sites for hydroxylation is 2. The molecular formula is C18H20BrN. The number of hydrogen-bond acceptors (Lipinski definition) is 1. The molecule has 1 nitrogen and oxygen atoms in total. The molecule has 0 saturated carbocycles. The highest BCUT2D eigenvalue weighted by atomic mass is 79.9. The van der Waals surface area contributed by atoms with Crippen LogP contribution < -0.4 is 5.32 Å². The van der Waals surface area contributed by atoms with Crippen LogP contribution >= 0.6 is 15.9 Å². The molecule has 0 radical (unpaired) electrons. The van der Waals surface area contributed by atoms with Crippen LogP contribution in [0.1, 0.15) is 35.4 Å². The Morgan fingerprint density at radius 3 is 2.90 bits per heavy atom. The molecular weight excluding hydrogens is 310 g/mol. The van der Waals surface area contributed by atoms with Crippen LogP contribution in [0.3, 0.4) is 0 Å². The van der Waals surface area contributed by atoms with Crippen LogP contribution in [0.5, 0.6) is 0 Å². The van der Waals surface area contributed by atoms with Gasteiger partial charge in [-0.3, -0.25) is 0 Å². The monoisotopic (exact) mass is 329 g/mol. The number of hydrogen-bond donors (Lipinski definition) is 1. The van der Waals surface area contributed by atoms with Gasteiger partial charge in [-0.1, -0.05) is 40.2 Å². The average Bonchev–Trinajstić information content (AvgIpc) is 2.46. The summed E-state index contributed by atoms with van der Waals surface area (Å²) in [5.74, 6) is 0.642. The molecule has 0 fully saturated rings. The molecule has 20 heavy (non-hydrogen) atoms. The van der Waals surface area contributed by atoms with E-state index in [4.69, 9.17) is 0 Å². The molecule has 1 unspecified atom stereocenters. The fourth-order valence-corrected chi connectivity index (χ4v) is 3.60. The van der Waals surface area contributed by atoms with Crippen LogP contribution in [0.2, 0.25) is 0 Å². The average molecular weight is 330 g/mol. The van der Waals surface area contributed by atoms with Gasteiger partial charge in [-0.15, -0.1) is 0 Å². The van der Waals surface area contributed by atoms with E-state index in [9.17, 15) is 0 Å². The van der Waals surface area contributed by atoms with Gasteiger partial charge in [0, 0.05) is 22.6 Å². The molecule has 0 spiro atoms. The number of nitrogens with one attached hydrogen (secondary N) is 1. The second-order valence-electron chi connectivity index (χ2n) is 5.63. The van der Waals surface area contributed by atoms with Gasteiger partial charge in [0.25, 0.3) is 0 Å². The summed E-state index contributed by atoms with van der Waals surface area (Å²) >= 11 is 3.52. The topological polar surface area (TPSA) is 12.0 Å². The number of anilines is 1. The van der Waals surface area contributed by atoms with Gasteiger partial charge in [0.15, 0.2) is 0 Å². The van der Waals surface area contributed by atoms with E-state index in [2.05, 4.69) is 70.6 Å². The van der Waals surface area contributed by atoms with E-state index < -0.39 is 0 Å². The maximum absolute atomic E-state index is 3.63. The van der Waals surface area contributed by atoms with Gasteiger partial charge in [-0.25, -0.2) is 0 Å². The summed E-state index contributed by atoms with van der Waals surface area (Å²) in [5, 5.41) is 3.63. The number of halogens is 1. The first-order valence-corrected chi connectivity index (χ1v) is 8.11. The third-order valence-corrected chi connectivity index (χ3v) is 4.71. The van der Waals surface area contributed by atoms with Crippen LogP contribution in [-0.2, 0) is 6.42 Å². The van der Waals surface area contributed by atoms with Crippen LogP contribution in [0.15, 0.2) is 46.9 Å². The Hall–Kier alpha value is -1.28. The highest BCUT2D eigenvalue weighted by molar-refractivity contribution is 9.10. The lowest BCUT2D eigenvalue weighted by Crippen LogP contribution is -2.18. The standard InChI is InChI=1S/C18H20BrN/c1-13-11-16(19)9-10-18(13)20-12-15-7-4-6-14-5-2-3-8-17(14)15/h2-3,5,8-11,15,20H,4,6-7,12H2,1H3. The molecule has 0 heterocycles. The highest BCUT2D eigenvalue weighted by Gasteiger charge is 2.19. The molecule has 1 atom stereocenters. The number of fused-ring (bicyclic) bond motifs is 1. The fourth-order valence-electron chi connectivity index (χ4n) is 3.13. The zero-order valence-electron chi connectivity index (χ0n) is 11.8. The molecule has 0 amide bonds. The van der Waals surface area contributed by atoms with E-state index >= 15 is 0 Å². The van der Waals surface area contributed by atoms with Crippen molar-refractivity contribution < 1.29 is 0 Å². The Morgan fingerprint density at radius 1 is 1.20 bits per heavy atom. The molecule has 104 valence electrons. The quantitative estimate of drug-likeness (QED) is 0.806. The largest absolute Gasteiger partial charge is 0.384 e. The van der Waals surface area contributed by atoms with E-state index in [1.807, 2.05) is 0 Å². The molecule has 0 aliphatic heterocycles. The predicted molar refractivity (Wildman–Crippen MR) is 89.5 cm³/mol. The fraction of sp³-hybridized carbons (Fsp3) is 0.333. The summed E-state index contributed by atoms with van der Waals surface area (Å²) in [6.07, 6.45) is 3.84. The summed E-state index contributed by atoms with van der Waals surface area (Å²) in [7, 11) is 0. The van der Waals surface area contributed by atoms with E-state index in [-0.39, 0.29) is 0 Å². The lowest BCUT2D eigenvalue weighted by atomic mass is 9.83. The molecule has 0 aromatic heterocycles. The van der Waals surface area contributed by atoms with E-state index in [1.165, 1.54) is 36.1 Å². The Bertz CT molecular complexity index is 606. The van der Waals surface area contributed by atoms with E-state index in [1.54, 1.807) is 5.56 Å². The Morgan fingerprint density at radius 2 is 2.05 bits per heavy atom. The number of rotatable bonds is 3. The Balaban J connectivity index is 1.73. The summed E-state index contributed by atoms with van der Waals surface area (Å²) in [5.41, 5.74) is 5.62. The van der Waals surface area contributed by atoms with Gasteiger partial charge in [0.2, 0.25) is 0 Å². The molecule has 0 bridgehead atoms. The van der Waals surface area contributed by atoms with Crippen molar-refractivity contribution in [3.05, 3.63) is 63.6 Å². The molecule has 2 heteroatoms. The summed E-state index contributed by atoms with van der Waals surface area (Å²) in [6.45, 7) is 3.18. The van der Waals surface area contributed by atoms with Crippen molar-refractivity contribution in [2.75, 3.05) is 11.9 Å². The van der Waals surface area contributed by atoms with Gasteiger partial charge in [0.05, 0.1) is 0 Å². The van der Waals surface area contributed by atoms with Crippen LogP contribution in [-0.4, -0.2) is 6.54 Å². The number of benzene rings is 2. The van der Waals surface area contributed by atoms with Crippen molar-refractivity contribution in [2.45, 2.75) is 32.1 Å². The zero-order chi connectivity index (χ0) is 13.9. The minimum atomic E-state index is 0.642. The Labute approximate surface area is 129 Å². The van der Waals surface area contributed by atoms with Crippen molar-refractivity contribution in [3.8, 4) is 0 Å². The SMILES string of the molecule is Cc1cc(Br)ccc1NCC1CCCc2ccccc21. The van der Waals surface area contributed by atoms with Crippen molar-refractivity contribution in [1.29, 1.82) is 0 Å². The highest BCUT2D eigenvalue weighted by Crippen LogP contribution is 2.32. The summed E-state index contributed by atoms with van der Waals surface area (Å²) in [4.78, 5) is 0. The molecule has 2 aromatic rings. The molecule has 0 saturated heterocycles. The minimum Gasteiger partial charge on any atom is -0.384 e. The minimum absolute atomic E-state index is 0.642. The van der Waals surface area contributed by atoms with Gasteiger partial charge < -0.3 is 5.32 Å². The van der Waals surface area contributed by atoms with Crippen molar-refractivity contribution in [3.63, 3.8) is 0 Å². The van der Waals surface area contributed by atoms with E-state index in [0.29, 0.717) is 5.92 Å². The Kier molecular flexibility index (Phi) is 4.11. The lowest BCUT2D eigenvalue weighted by Gasteiger charge is -2.26. The molecule has 1 aliphatic carbocycles. The van der Waals surface area contributed by atoms with E-state index in [0.717, 1.165) is 11.0 Å². The zero-order valence-corrected chi connectivity index (χ0v) is 13.4. The lowest BCUT2D eigenvalue weighted by molar-refractivity contribution is 0.571.